The SMILES string of the molecule is COc1ccc(CNC(=O)Cn2cnc3cc(C)c(C)cc32)cc1OC. The lowest BCUT2D eigenvalue weighted by atomic mass is 10.1. The van der Waals surface area contributed by atoms with Crippen LogP contribution in [0.15, 0.2) is 36.7 Å². The van der Waals surface area contributed by atoms with Crippen LogP contribution < -0.4 is 14.8 Å². The molecule has 6 nitrogen and oxygen atoms in total. The summed E-state index contributed by atoms with van der Waals surface area (Å²) in [6, 6.07) is 9.70. The van der Waals surface area contributed by atoms with Gasteiger partial charge in [-0.15, -0.1) is 0 Å². The molecule has 1 amide bonds. The number of aryl methyl sites for hydroxylation is 2. The van der Waals surface area contributed by atoms with E-state index in [-0.39, 0.29) is 12.5 Å². The highest BCUT2D eigenvalue weighted by atomic mass is 16.5. The Balaban J connectivity index is 1.67. The summed E-state index contributed by atoms with van der Waals surface area (Å²) in [7, 11) is 3.19. The summed E-state index contributed by atoms with van der Waals surface area (Å²) in [6.07, 6.45) is 1.71. The van der Waals surface area contributed by atoms with Gasteiger partial charge in [-0.3, -0.25) is 4.79 Å². The number of benzene rings is 2. The van der Waals surface area contributed by atoms with Crippen LogP contribution in [0, 0.1) is 13.8 Å². The molecule has 26 heavy (non-hydrogen) atoms. The standard InChI is InChI=1S/C20H23N3O3/c1-13-7-16-17(8-14(13)2)23(12-22-16)11-20(24)21-10-15-5-6-18(25-3)19(9-15)26-4/h5-9,12H,10-11H2,1-4H3,(H,21,24). The molecule has 1 aromatic heterocycles. The third-order valence-corrected chi connectivity index (χ3v) is 4.49. The Hall–Kier alpha value is -3.02. The summed E-state index contributed by atoms with van der Waals surface area (Å²) in [5, 5.41) is 2.93. The van der Waals surface area contributed by atoms with Gasteiger partial charge in [0.05, 0.1) is 31.6 Å². The highest BCUT2D eigenvalue weighted by Gasteiger charge is 2.10. The molecule has 0 atom stereocenters. The first-order valence-electron chi connectivity index (χ1n) is 8.41. The normalized spacial score (nSPS) is 10.8. The number of nitrogens with one attached hydrogen (secondary N) is 1. The van der Waals surface area contributed by atoms with Gasteiger partial charge in [-0.1, -0.05) is 6.07 Å². The van der Waals surface area contributed by atoms with E-state index in [9.17, 15) is 4.79 Å². The van der Waals surface area contributed by atoms with Gasteiger partial charge >= 0.3 is 0 Å². The second-order valence-corrected chi connectivity index (χ2v) is 6.26. The lowest BCUT2D eigenvalue weighted by Gasteiger charge is -2.11. The fraction of sp³-hybridized carbons (Fsp3) is 0.300. The Morgan fingerprint density at radius 1 is 1.08 bits per heavy atom. The smallest absolute Gasteiger partial charge is 0.240 e. The Kier molecular flexibility index (Phi) is 5.11. The van der Waals surface area contributed by atoms with Crippen molar-refractivity contribution in [3.05, 3.63) is 53.3 Å². The molecular weight excluding hydrogens is 330 g/mol. The van der Waals surface area contributed by atoms with Crippen LogP contribution in [0.4, 0.5) is 0 Å². The van der Waals surface area contributed by atoms with E-state index in [1.54, 1.807) is 20.5 Å². The molecule has 6 heteroatoms. The van der Waals surface area contributed by atoms with Gasteiger partial charge in [0, 0.05) is 6.54 Å². The summed E-state index contributed by atoms with van der Waals surface area (Å²) < 4.78 is 12.4. The van der Waals surface area contributed by atoms with Crippen molar-refractivity contribution in [2.24, 2.45) is 0 Å². The number of rotatable bonds is 6. The van der Waals surface area contributed by atoms with E-state index in [1.165, 1.54) is 11.1 Å². The molecule has 0 aliphatic carbocycles. The first-order chi connectivity index (χ1) is 12.5. The molecule has 0 fully saturated rings. The van der Waals surface area contributed by atoms with Crippen molar-refractivity contribution in [1.29, 1.82) is 0 Å². The van der Waals surface area contributed by atoms with E-state index in [1.807, 2.05) is 28.8 Å². The second-order valence-electron chi connectivity index (χ2n) is 6.26. The highest BCUT2D eigenvalue weighted by Crippen LogP contribution is 2.27. The van der Waals surface area contributed by atoms with Gasteiger partial charge in [-0.2, -0.15) is 0 Å². The molecule has 3 aromatic rings. The average molecular weight is 353 g/mol. The monoisotopic (exact) mass is 353 g/mol. The van der Waals surface area contributed by atoms with E-state index in [2.05, 4.69) is 30.2 Å². The molecule has 0 unspecified atom stereocenters. The first-order valence-corrected chi connectivity index (χ1v) is 8.41. The lowest BCUT2D eigenvalue weighted by Crippen LogP contribution is -2.26. The maximum Gasteiger partial charge on any atom is 0.240 e. The molecular formula is C20H23N3O3. The van der Waals surface area contributed by atoms with Crippen molar-refractivity contribution in [2.75, 3.05) is 14.2 Å². The van der Waals surface area contributed by atoms with Gasteiger partial charge in [0.25, 0.3) is 0 Å². The van der Waals surface area contributed by atoms with E-state index in [4.69, 9.17) is 9.47 Å². The molecule has 0 spiro atoms. The Morgan fingerprint density at radius 2 is 1.81 bits per heavy atom. The fourth-order valence-electron chi connectivity index (χ4n) is 2.84. The molecule has 0 saturated carbocycles. The van der Waals surface area contributed by atoms with Crippen LogP contribution in [0.5, 0.6) is 11.5 Å². The van der Waals surface area contributed by atoms with Gasteiger partial charge in [0.1, 0.15) is 6.54 Å². The number of amides is 1. The van der Waals surface area contributed by atoms with Crippen molar-refractivity contribution >= 4 is 16.9 Å². The largest absolute Gasteiger partial charge is 0.493 e. The predicted octanol–water partition coefficient (Wildman–Crippen LogP) is 2.99. The van der Waals surface area contributed by atoms with E-state index in [0.29, 0.717) is 18.0 Å². The summed E-state index contributed by atoms with van der Waals surface area (Å²) >= 11 is 0. The van der Waals surface area contributed by atoms with Crippen LogP contribution in [0.25, 0.3) is 11.0 Å². The van der Waals surface area contributed by atoms with Crippen molar-refractivity contribution in [3.63, 3.8) is 0 Å². The minimum absolute atomic E-state index is 0.0719. The molecule has 3 rings (SSSR count). The topological polar surface area (TPSA) is 65.4 Å². The minimum atomic E-state index is -0.0719. The van der Waals surface area contributed by atoms with Crippen LogP contribution in [0.3, 0.4) is 0 Å². The first kappa shape index (κ1) is 17.8. The van der Waals surface area contributed by atoms with Crippen LogP contribution in [-0.2, 0) is 17.9 Å². The number of hydrogen-bond acceptors (Lipinski definition) is 4. The van der Waals surface area contributed by atoms with E-state index in [0.717, 1.165) is 16.6 Å². The Bertz CT molecular complexity index is 947. The molecule has 0 aliphatic heterocycles. The maximum atomic E-state index is 12.3. The summed E-state index contributed by atoms with van der Waals surface area (Å²) in [5.41, 5.74) is 5.19. The van der Waals surface area contributed by atoms with Gasteiger partial charge in [-0.25, -0.2) is 4.98 Å². The fourth-order valence-corrected chi connectivity index (χ4v) is 2.84. The number of hydrogen-bond donors (Lipinski definition) is 1. The second kappa shape index (κ2) is 7.47. The quantitative estimate of drug-likeness (QED) is 0.740. The van der Waals surface area contributed by atoms with Crippen molar-refractivity contribution in [1.82, 2.24) is 14.9 Å². The summed E-state index contributed by atoms with van der Waals surface area (Å²) in [5.74, 6) is 1.24. The number of imidazole rings is 1. The molecule has 2 aromatic carbocycles. The van der Waals surface area contributed by atoms with E-state index >= 15 is 0 Å². The third-order valence-electron chi connectivity index (χ3n) is 4.49. The molecule has 0 aliphatic rings. The number of aromatic nitrogens is 2. The predicted molar refractivity (Wildman–Crippen MR) is 101 cm³/mol. The zero-order chi connectivity index (χ0) is 18.7. The average Bonchev–Trinajstić information content (AvgIpc) is 3.01. The number of nitrogens with zero attached hydrogens (tertiary/aromatic N) is 2. The highest BCUT2D eigenvalue weighted by molar-refractivity contribution is 5.81. The Labute approximate surface area is 152 Å². The number of ether oxygens (including phenoxy) is 2. The molecule has 0 saturated heterocycles. The van der Waals surface area contributed by atoms with Crippen LogP contribution >= 0.6 is 0 Å². The lowest BCUT2D eigenvalue weighted by molar-refractivity contribution is -0.121. The third kappa shape index (κ3) is 3.64. The number of carbonyl (C=O) groups excluding carboxylic acids is 1. The molecule has 0 radical (unpaired) electrons. The number of methoxy groups -OCH3 is 2. The van der Waals surface area contributed by atoms with E-state index < -0.39 is 0 Å². The molecule has 0 bridgehead atoms. The number of fused-ring (bicyclic) bond motifs is 1. The zero-order valence-corrected chi connectivity index (χ0v) is 15.5. The zero-order valence-electron chi connectivity index (χ0n) is 15.5. The number of carbonyl (C=O) groups is 1. The molecule has 136 valence electrons. The Morgan fingerprint density at radius 3 is 2.54 bits per heavy atom. The molecule has 1 heterocycles. The van der Waals surface area contributed by atoms with Gasteiger partial charge in [-0.05, 0) is 54.8 Å². The summed E-state index contributed by atoms with van der Waals surface area (Å²) in [4.78, 5) is 16.7. The van der Waals surface area contributed by atoms with Crippen molar-refractivity contribution < 1.29 is 14.3 Å². The van der Waals surface area contributed by atoms with Crippen LogP contribution in [0.2, 0.25) is 0 Å². The van der Waals surface area contributed by atoms with Crippen molar-refractivity contribution in [3.8, 4) is 11.5 Å². The molecule has 1 N–H and O–H groups in total. The van der Waals surface area contributed by atoms with Crippen LogP contribution in [-0.4, -0.2) is 29.7 Å². The van der Waals surface area contributed by atoms with Gasteiger partial charge in [0.15, 0.2) is 11.5 Å². The van der Waals surface area contributed by atoms with Gasteiger partial charge in [0.2, 0.25) is 5.91 Å². The van der Waals surface area contributed by atoms with Crippen molar-refractivity contribution in [2.45, 2.75) is 26.9 Å². The maximum absolute atomic E-state index is 12.3. The van der Waals surface area contributed by atoms with Crippen LogP contribution in [0.1, 0.15) is 16.7 Å². The summed E-state index contributed by atoms with van der Waals surface area (Å²) in [6.45, 7) is 4.77. The van der Waals surface area contributed by atoms with Gasteiger partial charge < -0.3 is 19.4 Å². The minimum Gasteiger partial charge on any atom is -0.493 e.